The zero-order chi connectivity index (χ0) is 0. The first kappa shape index (κ1) is 199. The Balaban J connectivity index is 0. The summed E-state index contributed by atoms with van der Waals surface area (Å²) in [7, 11) is 0. The zero-order valence-corrected chi connectivity index (χ0v) is 23.6. The molecule has 0 spiro atoms. The third-order valence-electron chi connectivity index (χ3n) is 0. The molecule has 0 aromatic rings. The van der Waals surface area contributed by atoms with Gasteiger partial charge in [0.1, 0.15) is 0 Å². The van der Waals surface area contributed by atoms with Crippen molar-refractivity contribution in [3.8, 4) is 0 Å². The van der Waals surface area contributed by atoms with Crippen molar-refractivity contribution < 1.29 is 143 Å². The minimum Gasteiger partial charge on any atom is -1.00 e. The first-order valence-corrected chi connectivity index (χ1v) is 0. The molecular formula is H22BaBiKO8Ti2. The Hall–Kier alpha value is 5.20. The van der Waals surface area contributed by atoms with Crippen molar-refractivity contribution in [2.24, 2.45) is 0 Å². The van der Waals surface area contributed by atoms with E-state index in [0.29, 0.717) is 0 Å². The summed E-state index contributed by atoms with van der Waals surface area (Å²) in [6, 6.07) is 0. The van der Waals surface area contributed by atoms with Crippen molar-refractivity contribution in [1.29, 1.82) is 0 Å². The topological polar surface area (TPSA) is 252 Å². The molecule has 0 rings (SSSR count). The number of hydrogen-bond acceptors (Lipinski definition) is 0. The Bertz CT molecular complexity index is 33.2. The van der Waals surface area contributed by atoms with Crippen molar-refractivity contribution in [2.75, 3.05) is 0 Å². The number of rotatable bonds is 0. The molecule has 0 bridgehead atoms. The van der Waals surface area contributed by atoms with Gasteiger partial charge < -0.3 is 48.1 Å². The van der Waals surface area contributed by atoms with Crippen LogP contribution in [-0.4, -0.2) is 119 Å². The standard InChI is InChI=1S/Ba.Bi.K.8H2O.2Ti.6H/h;;;8*1H2;;;;;;;;/q+2;;+1;;;;;;;;;;;;;;3*-1. The largest absolute Gasteiger partial charge is 1.00 e. The van der Waals surface area contributed by atoms with Gasteiger partial charge in [0.2, 0.25) is 0 Å². The first-order valence-electron chi connectivity index (χ1n) is 0. The molecule has 86 valence electrons. The van der Waals surface area contributed by atoms with E-state index < -0.39 is 0 Å². The van der Waals surface area contributed by atoms with Crippen LogP contribution in [0.1, 0.15) is 4.28 Å². The van der Waals surface area contributed by atoms with Crippen LogP contribution in [0.3, 0.4) is 0 Å². The van der Waals surface area contributed by atoms with E-state index in [2.05, 4.69) is 0 Å². The fourth-order valence-corrected chi connectivity index (χ4v) is 0. The second kappa shape index (κ2) is 167. The van der Waals surface area contributed by atoms with Crippen LogP contribution in [0.25, 0.3) is 0 Å². The molecule has 0 amide bonds. The van der Waals surface area contributed by atoms with Gasteiger partial charge in [-0.05, 0) is 0 Å². The molecule has 0 saturated carbocycles. The Morgan fingerprint density at radius 2 is 0.462 bits per heavy atom. The molecule has 0 heterocycles. The quantitative estimate of drug-likeness (QED) is 0.226. The van der Waals surface area contributed by atoms with Gasteiger partial charge in [-0.25, -0.2) is 0 Å². The Morgan fingerprint density at radius 3 is 0.462 bits per heavy atom. The smallest absolute Gasteiger partial charge is 1.00 e. The fourth-order valence-electron chi connectivity index (χ4n) is 0. The normalized spacial score (nSPS) is 0. The molecule has 16 N–H and O–H groups in total. The Morgan fingerprint density at radius 1 is 0.462 bits per heavy atom. The molecule has 0 saturated heterocycles. The SMILES string of the molecule is O.O.O.O.O.O.O.O.[Ba+2].[BiH3].[H-].[H-].[H-].[K+].[Ti].[Ti]. The van der Waals surface area contributed by atoms with Gasteiger partial charge in [0, 0.05) is 43.4 Å². The van der Waals surface area contributed by atoms with Gasteiger partial charge in [0.05, 0.1) is 0 Å². The van der Waals surface area contributed by atoms with Gasteiger partial charge in [0.15, 0.2) is 0 Å². The predicted octanol–water partition coefficient (Wildman–Crippen LogP) is -10.8. The van der Waals surface area contributed by atoms with E-state index in [4.69, 9.17) is 0 Å². The van der Waals surface area contributed by atoms with Crippen LogP contribution < -0.4 is 51.4 Å². The summed E-state index contributed by atoms with van der Waals surface area (Å²) in [6.45, 7) is 0. The van der Waals surface area contributed by atoms with E-state index in [1.807, 2.05) is 0 Å². The maximum atomic E-state index is 0. The number of hydrogen-bond donors (Lipinski definition) is 0. The van der Waals surface area contributed by atoms with Crippen molar-refractivity contribution >= 4 is 75.1 Å². The second-order valence-corrected chi connectivity index (χ2v) is 0. The molecule has 0 aliphatic heterocycles. The summed E-state index contributed by atoms with van der Waals surface area (Å²) < 4.78 is 0. The fraction of sp³-hybridized carbons (Fsp3) is 0. The maximum Gasteiger partial charge on any atom is 1.00 e. The maximum absolute atomic E-state index is 0. The van der Waals surface area contributed by atoms with E-state index in [1.165, 1.54) is 0 Å². The third-order valence-corrected chi connectivity index (χ3v) is 0. The van der Waals surface area contributed by atoms with Crippen molar-refractivity contribution in [2.45, 2.75) is 0 Å². The second-order valence-electron chi connectivity index (χ2n) is 0. The van der Waals surface area contributed by atoms with Crippen molar-refractivity contribution in [1.82, 2.24) is 0 Å². The molecule has 0 atom stereocenters. The van der Waals surface area contributed by atoms with Gasteiger partial charge in [-0.3, -0.25) is 0 Å². The van der Waals surface area contributed by atoms with Crippen LogP contribution in [0.5, 0.6) is 0 Å². The molecule has 0 unspecified atom stereocenters. The van der Waals surface area contributed by atoms with Gasteiger partial charge in [-0.1, -0.05) is 0 Å². The molecule has 0 fully saturated rings. The van der Waals surface area contributed by atoms with Crippen LogP contribution in [0, 0.1) is 0 Å². The molecule has 8 nitrogen and oxygen atoms in total. The van der Waals surface area contributed by atoms with Gasteiger partial charge in [0.25, 0.3) is 0 Å². The summed E-state index contributed by atoms with van der Waals surface area (Å²) in [4.78, 5) is 0. The molecule has 13 heavy (non-hydrogen) atoms. The van der Waals surface area contributed by atoms with E-state index in [1.54, 1.807) is 0 Å². The Labute approximate surface area is 212 Å². The van der Waals surface area contributed by atoms with E-state index in [-0.39, 0.29) is 218 Å². The van der Waals surface area contributed by atoms with Crippen molar-refractivity contribution in [3.63, 3.8) is 0 Å². The Kier molecular flexibility index (Phi) is 2560. The average Bonchev–Trinajstić information content (AvgIpc) is 0. The summed E-state index contributed by atoms with van der Waals surface area (Å²) in [6.07, 6.45) is 0. The third kappa shape index (κ3) is 147. The van der Waals surface area contributed by atoms with Gasteiger partial charge >= 0.3 is 126 Å². The summed E-state index contributed by atoms with van der Waals surface area (Å²) in [5.74, 6) is 0. The van der Waals surface area contributed by atoms with E-state index in [9.17, 15) is 0 Å². The van der Waals surface area contributed by atoms with Crippen LogP contribution in [0.4, 0.5) is 0 Å². The van der Waals surface area contributed by atoms with Gasteiger partial charge in [-0.2, -0.15) is 0 Å². The van der Waals surface area contributed by atoms with Crippen LogP contribution in [0.2, 0.25) is 0 Å². The summed E-state index contributed by atoms with van der Waals surface area (Å²) in [5.41, 5.74) is 0. The molecule has 0 aliphatic rings. The zero-order valence-electron chi connectivity index (χ0n) is 10.4. The van der Waals surface area contributed by atoms with E-state index in [0.717, 1.165) is 0 Å². The molecule has 0 aromatic heterocycles. The molecule has 0 aliphatic carbocycles. The minimum atomic E-state index is 0. The molecule has 0 aromatic carbocycles. The predicted molar refractivity (Wildman–Crippen MR) is 47.9 cm³/mol. The molecule has 13 heteroatoms. The monoisotopic (exact) mass is 632 g/mol. The average molecular weight is 631 g/mol. The van der Waals surface area contributed by atoms with E-state index >= 15 is 0 Å². The summed E-state index contributed by atoms with van der Waals surface area (Å²) >= 11 is 0. The molecule has 0 radical (unpaired) electrons. The van der Waals surface area contributed by atoms with Crippen LogP contribution in [-0.2, 0) is 43.4 Å². The van der Waals surface area contributed by atoms with Crippen LogP contribution in [0.15, 0.2) is 0 Å². The van der Waals surface area contributed by atoms with Crippen LogP contribution >= 0.6 is 0 Å². The minimum absolute atomic E-state index is 0. The molecular weight excluding hydrogens is 609 g/mol. The summed E-state index contributed by atoms with van der Waals surface area (Å²) in [5, 5.41) is 0. The van der Waals surface area contributed by atoms with Crippen molar-refractivity contribution in [3.05, 3.63) is 0 Å². The first-order chi connectivity index (χ1) is 0. The van der Waals surface area contributed by atoms with Gasteiger partial charge in [-0.15, -0.1) is 0 Å².